The van der Waals surface area contributed by atoms with Crippen LogP contribution in [0.1, 0.15) is 0 Å². The maximum Gasteiger partial charge on any atom is 0.329 e. The third kappa shape index (κ3) is 3.16. The first-order chi connectivity index (χ1) is 10.0. The van der Waals surface area contributed by atoms with E-state index < -0.39 is 4.92 Å². The zero-order valence-electron chi connectivity index (χ0n) is 12.0. The van der Waals surface area contributed by atoms with Crippen LogP contribution in [0.2, 0.25) is 0 Å². The summed E-state index contributed by atoms with van der Waals surface area (Å²) < 4.78 is 0. The first-order valence-electron chi connectivity index (χ1n) is 6.25. The maximum atomic E-state index is 11.1. The summed E-state index contributed by atoms with van der Waals surface area (Å²) in [4.78, 5) is 20.5. The van der Waals surface area contributed by atoms with Crippen LogP contribution >= 0.6 is 0 Å². The Kier molecular flexibility index (Phi) is 4.17. The van der Waals surface area contributed by atoms with E-state index in [0.717, 1.165) is 11.4 Å². The van der Waals surface area contributed by atoms with E-state index in [0.29, 0.717) is 5.95 Å². The van der Waals surface area contributed by atoms with Gasteiger partial charge in [-0.3, -0.25) is 10.1 Å². The van der Waals surface area contributed by atoms with Crippen LogP contribution in [0.15, 0.2) is 30.5 Å². The molecule has 0 fully saturated rings. The van der Waals surface area contributed by atoms with Crippen LogP contribution in [0, 0.1) is 10.1 Å². The van der Waals surface area contributed by atoms with E-state index in [4.69, 9.17) is 0 Å². The molecule has 1 aromatic carbocycles. The lowest BCUT2D eigenvalue weighted by molar-refractivity contribution is -0.384. The molecule has 0 atom stereocenters. The summed E-state index contributed by atoms with van der Waals surface area (Å²) in [7, 11) is 5.45. The van der Waals surface area contributed by atoms with Gasteiger partial charge in [0, 0.05) is 21.1 Å². The zero-order valence-corrected chi connectivity index (χ0v) is 12.0. The van der Waals surface area contributed by atoms with E-state index in [2.05, 4.69) is 20.6 Å². The molecule has 0 amide bonds. The molecule has 0 aliphatic heterocycles. The first-order valence-corrected chi connectivity index (χ1v) is 6.25. The molecule has 0 aliphatic rings. The van der Waals surface area contributed by atoms with Gasteiger partial charge in [0.25, 0.3) is 0 Å². The quantitative estimate of drug-likeness (QED) is 0.643. The van der Waals surface area contributed by atoms with Crippen molar-refractivity contribution >= 4 is 28.8 Å². The molecular weight excluding hydrogens is 272 g/mol. The van der Waals surface area contributed by atoms with Gasteiger partial charge in [-0.2, -0.15) is 4.98 Å². The van der Waals surface area contributed by atoms with Crippen molar-refractivity contribution in [2.75, 3.05) is 36.7 Å². The molecule has 2 aromatic rings. The standard InChI is InChI=1S/C13H16N6O2/c1-14-13-15-8-11(19(20)21)12(17-13)16-9-6-4-5-7-10(9)18(2)3/h4-8H,1-3H3,(H2,14,15,16,17). The molecule has 110 valence electrons. The number of para-hydroxylation sites is 2. The van der Waals surface area contributed by atoms with Gasteiger partial charge in [-0.15, -0.1) is 0 Å². The Morgan fingerprint density at radius 1 is 1.29 bits per heavy atom. The molecule has 2 N–H and O–H groups in total. The number of anilines is 4. The van der Waals surface area contributed by atoms with E-state index in [9.17, 15) is 10.1 Å². The average Bonchev–Trinajstić information content (AvgIpc) is 2.47. The Morgan fingerprint density at radius 3 is 2.62 bits per heavy atom. The van der Waals surface area contributed by atoms with Crippen molar-refractivity contribution in [3.8, 4) is 0 Å². The van der Waals surface area contributed by atoms with Gasteiger partial charge in [0.15, 0.2) is 0 Å². The van der Waals surface area contributed by atoms with Gasteiger partial charge in [0.2, 0.25) is 11.8 Å². The van der Waals surface area contributed by atoms with Gasteiger partial charge in [0.05, 0.1) is 16.3 Å². The second kappa shape index (κ2) is 6.04. The molecule has 0 aliphatic carbocycles. The highest BCUT2D eigenvalue weighted by Crippen LogP contribution is 2.30. The van der Waals surface area contributed by atoms with Gasteiger partial charge >= 0.3 is 5.69 Å². The topological polar surface area (TPSA) is 96.2 Å². The first kappa shape index (κ1) is 14.5. The number of hydrogen-bond donors (Lipinski definition) is 2. The predicted octanol–water partition coefficient (Wildman–Crippen LogP) is 2.24. The number of hydrogen-bond acceptors (Lipinski definition) is 7. The highest BCUT2D eigenvalue weighted by Gasteiger charge is 2.18. The van der Waals surface area contributed by atoms with Gasteiger partial charge in [-0.1, -0.05) is 12.1 Å². The van der Waals surface area contributed by atoms with E-state index >= 15 is 0 Å². The molecule has 0 spiro atoms. The normalized spacial score (nSPS) is 10.0. The van der Waals surface area contributed by atoms with Crippen molar-refractivity contribution in [1.82, 2.24) is 9.97 Å². The predicted molar refractivity (Wildman–Crippen MR) is 82.3 cm³/mol. The number of nitro groups is 1. The lowest BCUT2D eigenvalue weighted by Crippen LogP contribution is -2.11. The smallest absolute Gasteiger partial charge is 0.329 e. The van der Waals surface area contributed by atoms with Gasteiger partial charge in [-0.05, 0) is 12.1 Å². The van der Waals surface area contributed by atoms with Crippen molar-refractivity contribution in [3.05, 3.63) is 40.6 Å². The van der Waals surface area contributed by atoms with Crippen LogP contribution in [-0.4, -0.2) is 36.0 Å². The van der Waals surface area contributed by atoms with Crippen molar-refractivity contribution in [2.24, 2.45) is 0 Å². The Balaban J connectivity index is 2.45. The Labute approximate surface area is 122 Å². The summed E-state index contributed by atoms with van der Waals surface area (Å²) in [6, 6.07) is 7.49. The summed E-state index contributed by atoms with van der Waals surface area (Å²) in [5.41, 5.74) is 1.45. The summed E-state index contributed by atoms with van der Waals surface area (Å²) in [5, 5.41) is 16.9. The number of rotatable bonds is 5. The Bertz CT molecular complexity index is 659. The molecule has 2 rings (SSSR count). The van der Waals surface area contributed by atoms with Crippen LogP contribution in [0.4, 0.5) is 28.8 Å². The summed E-state index contributed by atoms with van der Waals surface area (Å²) in [6.07, 6.45) is 1.18. The van der Waals surface area contributed by atoms with Crippen LogP contribution in [0.25, 0.3) is 0 Å². The highest BCUT2D eigenvalue weighted by atomic mass is 16.6. The third-order valence-corrected chi connectivity index (χ3v) is 2.83. The molecule has 1 heterocycles. The molecule has 21 heavy (non-hydrogen) atoms. The molecular formula is C13H16N6O2. The molecule has 8 nitrogen and oxygen atoms in total. The Morgan fingerprint density at radius 2 is 2.00 bits per heavy atom. The van der Waals surface area contributed by atoms with Gasteiger partial charge < -0.3 is 15.5 Å². The van der Waals surface area contributed by atoms with E-state index in [-0.39, 0.29) is 11.5 Å². The van der Waals surface area contributed by atoms with E-state index in [1.807, 2.05) is 43.3 Å². The fraction of sp³-hybridized carbons (Fsp3) is 0.231. The number of nitrogens with zero attached hydrogens (tertiary/aromatic N) is 4. The van der Waals surface area contributed by atoms with Gasteiger partial charge in [-0.25, -0.2) is 4.98 Å². The summed E-state index contributed by atoms with van der Waals surface area (Å²) in [5.74, 6) is 0.457. The van der Waals surface area contributed by atoms with Crippen LogP contribution in [-0.2, 0) is 0 Å². The Hall–Kier alpha value is -2.90. The molecule has 1 aromatic heterocycles. The van der Waals surface area contributed by atoms with Crippen LogP contribution < -0.4 is 15.5 Å². The van der Waals surface area contributed by atoms with Crippen molar-refractivity contribution in [1.29, 1.82) is 0 Å². The minimum absolute atomic E-state index is 0.147. The largest absolute Gasteiger partial charge is 0.376 e. The molecule has 0 unspecified atom stereocenters. The van der Waals surface area contributed by atoms with Gasteiger partial charge in [0.1, 0.15) is 6.20 Å². The van der Waals surface area contributed by atoms with E-state index in [1.165, 1.54) is 6.20 Å². The number of nitrogens with one attached hydrogen (secondary N) is 2. The van der Waals surface area contributed by atoms with Crippen molar-refractivity contribution < 1.29 is 4.92 Å². The van der Waals surface area contributed by atoms with Crippen molar-refractivity contribution in [2.45, 2.75) is 0 Å². The SMILES string of the molecule is CNc1ncc([N+](=O)[O-])c(Nc2ccccc2N(C)C)n1. The second-order valence-electron chi connectivity index (χ2n) is 4.47. The number of benzene rings is 1. The minimum atomic E-state index is -0.514. The second-order valence-corrected chi connectivity index (χ2v) is 4.47. The van der Waals surface area contributed by atoms with Crippen LogP contribution in [0.5, 0.6) is 0 Å². The average molecular weight is 288 g/mol. The maximum absolute atomic E-state index is 11.1. The highest BCUT2D eigenvalue weighted by molar-refractivity contribution is 5.76. The zero-order chi connectivity index (χ0) is 15.4. The summed E-state index contributed by atoms with van der Waals surface area (Å²) in [6.45, 7) is 0. The lowest BCUT2D eigenvalue weighted by Gasteiger charge is -2.18. The third-order valence-electron chi connectivity index (χ3n) is 2.83. The fourth-order valence-corrected chi connectivity index (χ4v) is 1.82. The van der Waals surface area contributed by atoms with Crippen LogP contribution in [0.3, 0.4) is 0 Å². The van der Waals surface area contributed by atoms with E-state index in [1.54, 1.807) is 7.05 Å². The molecule has 0 radical (unpaired) electrons. The van der Waals surface area contributed by atoms with Crippen molar-refractivity contribution in [3.63, 3.8) is 0 Å². The summed E-state index contributed by atoms with van der Waals surface area (Å²) >= 11 is 0. The lowest BCUT2D eigenvalue weighted by atomic mass is 10.2. The minimum Gasteiger partial charge on any atom is -0.376 e. The molecule has 0 bridgehead atoms. The molecule has 0 saturated heterocycles. The molecule has 0 saturated carbocycles. The number of aromatic nitrogens is 2. The molecule has 8 heteroatoms. The monoisotopic (exact) mass is 288 g/mol. The fourth-order valence-electron chi connectivity index (χ4n) is 1.82.